The quantitative estimate of drug-likeness (QED) is 0.790. The van der Waals surface area contributed by atoms with E-state index in [2.05, 4.69) is 24.5 Å². The highest BCUT2D eigenvalue weighted by atomic mass is 16.2. The first-order chi connectivity index (χ1) is 8.16. The summed E-state index contributed by atoms with van der Waals surface area (Å²) in [4.78, 5) is 12.1. The molecular weight excluding hydrogens is 212 g/mol. The molecule has 1 amide bonds. The van der Waals surface area contributed by atoms with Gasteiger partial charge in [-0.15, -0.1) is 0 Å². The van der Waals surface area contributed by atoms with Crippen LogP contribution in [0.3, 0.4) is 0 Å². The van der Waals surface area contributed by atoms with Crippen molar-refractivity contribution in [1.82, 2.24) is 10.6 Å². The van der Waals surface area contributed by atoms with E-state index in [1.165, 1.54) is 32.1 Å². The van der Waals surface area contributed by atoms with Crippen LogP contribution in [-0.2, 0) is 4.79 Å². The minimum atomic E-state index is 0.0441. The van der Waals surface area contributed by atoms with Gasteiger partial charge in [-0.3, -0.25) is 4.79 Å². The summed E-state index contributed by atoms with van der Waals surface area (Å²) in [5.74, 6) is 1.60. The smallest absolute Gasteiger partial charge is 0.237 e. The predicted molar refractivity (Wildman–Crippen MR) is 69.8 cm³/mol. The number of carbonyl (C=O) groups is 1. The first-order valence-corrected chi connectivity index (χ1v) is 7.20. The number of rotatable bonds is 3. The minimum Gasteiger partial charge on any atom is -0.352 e. The Morgan fingerprint density at radius 3 is 2.65 bits per heavy atom. The Labute approximate surface area is 105 Å². The molecule has 0 aromatic rings. The number of hydrogen-bond acceptors (Lipinski definition) is 2. The fourth-order valence-electron chi connectivity index (χ4n) is 3.21. The Morgan fingerprint density at radius 1 is 1.29 bits per heavy atom. The molecule has 2 unspecified atom stereocenters. The van der Waals surface area contributed by atoms with Gasteiger partial charge in [0.15, 0.2) is 0 Å². The topological polar surface area (TPSA) is 41.1 Å². The predicted octanol–water partition coefficient (Wildman–Crippen LogP) is 2.07. The fraction of sp³-hybridized carbons (Fsp3) is 0.929. The Bertz CT molecular complexity index is 261. The molecule has 2 rings (SSSR count). The van der Waals surface area contributed by atoms with Gasteiger partial charge in [-0.1, -0.05) is 19.8 Å². The molecule has 3 heteroatoms. The summed E-state index contributed by atoms with van der Waals surface area (Å²) in [5.41, 5.74) is 0. The molecule has 2 aliphatic rings. The van der Waals surface area contributed by atoms with Gasteiger partial charge >= 0.3 is 0 Å². The van der Waals surface area contributed by atoms with Crippen molar-refractivity contribution >= 4 is 5.91 Å². The third-order valence-electron chi connectivity index (χ3n) is 4.46. The van der Waals surface area contributed by atoms with Crippen LogP contribution in [0, 0.1) is 11.8 Å². The summed E-state index contributed by atoms with van der Waals surface area (Å²) in [7, 11) is 0. The highest BCUT2D eigenvalue weighted by Gasteiger charge is 2.28. The zero-order valence-electron chi connectivity index (χ0n) is 11.2. The van der Waals surface area contributed by atoms with Gasteiger partial charge in [-0.05, 0) is 51.0 Å². The first-order valence-electron chi connectivity index (χ1n) is 7.20. The molecule has 1 aliphatic heterocycles. The van der Waals surface area contributed by atoms with Crippen LogP contribution in [-0.4, -0.2) is 24.5 Å². The molecule has 3 nitrogen and oxygen atoms in total. The molecule has 0 spiro atoms. The molecule has 98 valence electrons. The highest BCUT2D eigenvalue weighted by molar-refractivity contribution is 5.82. The van der Waals surface area contributed by atoms with Gasteiger partial charge < -0.3 is 10.6 Å². The van der Waals surface area contributed by atoms with E-state index in [1.54, 1.807) is 0 Å². The highest BCUT2D eigenvalue weighted by Crippen LogP contribution is 2.27. The van der Waals surface area contributed by atoms with Gasteiger partial charge in [0.25, 0.3) is 0 Å². The number of piperidine rings is 1. The fourth-order valence-corrected chi connectivity index (χ4v) is 3.21. The normalized spacial score (nSPS) is 32.4. The minimum absolute atomic E-state index is 0.0441. The molecule has 17 heavy (non-hydrogen) atoms. The third kappa shape index (κ3) is 3.44. The van der Waals surface area contributed by atoms with Crippen LogP contribution in [0.2, 0.25) is 0 Å². The Balaban J connectivity index is 1.79. The molecule has 0 aromatic heterocycles. The van der Waals surface area contributed by atoms with Gasteiger partial charge in [0, 0.05) is 6.04 Å². The standard InChI is InChI=1S/C14H26N2O/c1-10-7-8-15-13(9-10)14(17)16-11(2)12-5-3-4-6-12/h10-13,15H,3-9H2,1-2H3,(H,16,17)/t10?,11-,13?/m0/s1. The maximum atomic E-state index is 12.1. The summed E-state index contributed by atoms with van der Waals surface area (Å²) >= 11 is 0. The zero-order chi connectivity index (χ0) is 12.3. The second kappa shape index (κ2) is 5.85. The van der Waals surface area contributed by atoms with Crippen LogP contribution < -0.4 is 10.6 Å². The molecule has 2 N–H and O–H groups in total. The van der Waals surface area contributed by atoms with Gasteiger partial charge in [0.2, 0.25) is 5.91 Å². The zero-order valence-corrected chi connectivity index (χ0v) is 11.2. The molecule has 1 saturated heterocycles. The van der Waals surface area contributed by atoms with Crippen molar-refractivity contribution in [2.45, 2.75) is 64.5 Å². The molecule has 2 fully saturated rings. The maximum absolute atomic E-state index is 12.1. The molecule has 1 aliphatic carbocycles. The van der Waals surface area contributed by atoms with Crippen LogP contribution in [0.4, 0.5) is 0 Å². The van der Waals surface area contributed by atoms with Gasteiger partial charge in [-0.25, -0.2) is 0 Å². The van der Waals surface area contributed by atoms with Crippen LogP contribution >= 0.6 is 0 Å². The van der Waals surface area contributed by atoms with Crippen molar-refractivity contribution in [2.24, 2.45) is 11.8 Å². The van der Waals surface area contributed by atoms with Crippen LogP contribution in [0.25, 0.3) is 0 Å². The van der Waals surface area contributed by atoms with E-state index in [-0.39, 0.29) is 11.9 Å². The second-order valence-corrected chi connectivity index (χ2v) is 5.98. The Morgan fingerprint density at radius 2 is 2.00 bits per heavy atom. The molecular formula is C14H26N2O. The number of nitrogens with one attached hydrogen (secondary N) is 2. The number of hydrogen-bond donors (Lipinski definition) is 2. The van der Waals surface area contributed by atoms with E-state index >= 15 is 0 Å². The van der Waals surface area contributed by atoms with E-state index < -0.39 is 0 Å². The molecule has 1 saturated carbocycles. The van der Waals surface area contributed by atoms with Crippen LogP contribution in [0.5, 0.6) is 0 Å². The van der Waals surface area contributed by atoms with Crippen molar-refractivity contribution in [1.29, 1.82) is 0 Å². The van der Waals surface area contributed by atoms with Gasteiger partial charge in [0.1, 0.15) is 0 Å². The summed E-state index contributed by atoms with van der Waals surface area (Å²) in [5, 5.41) is 6.54. The monoisotopic (exact) mass is 238 g/mol. The van der Waals surface area contributed by atoms with Crippen molar-refractivity contribution in [3.8, 4) is 0 Å². The first kappa shape index (κ1) is 12.9. The summed E-state index contributed by atoms with van der Waals surface area (Å²) in [6, 6.07) is 0.395. The molecule has 0 bridgehead atoms. The van der Waals surface area contributed by atoms with Crippen molar-refractivity contribution in [3.05, 3.63) is 0 Å². The lowest BCUT2D eigenvalue weighted by Gasteiger charge is -2.29. The van der Waals surface area contributed by atoms with Crippen LogP contribution in [0.1, 0.15) is 52.4 Å². The van der Waals surface area contributed by atoms with Crippen molar-refractivity contribution in [3.63, 3.8) is 0 Å². The Kier molecular flexibility index (Phi) is 4.43. The molecule has 1 heterocycles. The molecule has 3 atom stereocenters. The summed E-state index contributed by atoms with van der Waals surface area (Å²) in [6.45, 7) is 5.39. The van der Waals surface area contributed by atoms with Crippen molar-refractivity contribution in [2.75, 3.05) is 6.54 Å². The van der Waals surface area contributed by atoms with E-state index in [4.69, 9.17) is 0 Å². The van der Waals surface area contributed by atoms with E-state index in [0.717, 1.165) is 13.0 Å². The summed E-state index contributed by atoms with van der Waals surface area (Å²) < 4.78 is 0. The largest absolute Gasteiger partial charge is 0.352 e. The second-order valence-electron chi connectivity index (χ2n) is 5.98. The lowest BCUT2D eigenvalue weighted by atomic mass is 9.93. The molecule has 0 radical (unpaired) electrons. The maximum Gasteiger partial charge on any atom is 0.237 e. The van der Waals surface area contributed by atoms with Gasteiger partial charge in [0.05, 0.1) is 6.04 Å². The Hall–Kier alpha value is -0.570. The lowest BCUT2D eigenvalue weighted by molar-refractivity contribution is -0.125. The summed E-state index contributed by atoms with van der Waals surface area (Å²) in [6.07, 6.45) is 7.43. The average molecular weight is 238 g/mol. The van der Waals surface area contributed by atoms with Gasteiger partial charge in [-0.2, -0.15) is 0 Å². The number of carbonyl (C=O) groups excluding carboxylic acids is 1. The van der Waals surface area contributed by atoms with Crippen molar-refractivity contribution < 1.29 is 4.79 Å². The SMILES string of the molecule is CC1CCNC(C(=O)N[C@@H](C)C2CCCC2)C1. The molecule has 0 aromatic carbocycles. The van der Waals surface area contributed by atoms with Crippen LogP contribution in [0.15, 0.2) is 0 Å². The van der Waals surface area contributed by atoms with E-state index in [9.17, 15) is 4.79 Å². The van der Waals surface area contributed by atoms with E-state index in [1.807, 2.05) is 0 Å². The third-order valence-corrected chi connectivity index (χ3v) is 4.46. The number of amides is 1. The lowest BCUT2D eigenvalue weighted by Crippen LogP contribution is -2.51. The van der Waals surface area contributed by atoms with E-state index in [0.29, 0.717) is 17.9 Å². The average Bonchev–Trinajstić information content (AvgIpc) is 2.82.